The van der Waals surface area contributed by atoms with E-state index in [4.69, 9.17) is 14.6 Å². The van der Waals surface area contributed by atoms with Gasteiger partial charge in [0.25, 0.3) is 5.91 Å². The fourth-order valence-electron chi connectivity index (χ4n) is 2.04. The van der Waals surface area contributed by atoms with Gasteiger partial charge in [-0.05, 0) is 31.5 Å². The molecule has 0 saturated carbocycles. The summed E-state index contributed by atoms with van der Waals surface area (Å²) in [5.74, 6) is -0.734. The molecule has 0 spiro atoms. The van der Waals surface area contributed by atoms with Gasteiger partial charge in [-0.15, -0.1) is 11.3 Å². The molecule has 1 aromatic heterocycles. The lowest BCUT2D eigenvalue weighted by Crippen LogP contribution is -2.23. The Kier molecular flexibility index (Phi) is 6.76. The minimum absolute atomic E-state index is 0.267. The number of hydrogen-bond donors (Lipinski definition) is 2. The van der Waals surface area contributed by atoms with E-state index in [9.17, 15) is 9.59 Å². The Hall–Kier alpha value is -2.61. The third kappa shape index (κ3) is 5.46. The fraction of sp³-hybridized carbons (Fsp3) is 0.353. The van der Waals surface area contributed by atoms with Gasteiger partial charge in [-0.2, -0.15) is 0 Å². The Bertz CT molecular complexity index is 744. The zero-order valence-corrected chi connectivity index (χ0v) is 14.9. The van der Waals surface area contributed by atoms with Crippen molar-refractivity contribution in [2.24, 2.45) is 0 Å². The zero-order chi connectivity index (χ0) is 18.2. The predicted octanol–water partition coefficient (Wildman–Crippen LogP) is 2.50. The number of hydrogen-bond acceptors (Lipinski definition) is 6. The summed E-state index contributed by atoms with van der Waals surface area (Å²) in [6.45, 7) is 4.06. The van der Waals surface area contributed by atoms with Gasteiger partial charge in [0.15, 0.2) is 18.1 Å². The van der Waals surface area contributed by atoms with Crippen molar-refractivity contribution in [1.29, 1.82) is 0 Å². The van der Waals surface area contributed by atoms with Crippen LogP contribution in [0.5, 0.6) is 11.5 Å². The van der Waals surface area contributed by atoms with Crippen LogP contribution in [0.4, 0.5) is 0 Å². The topological polar surface area (TPSA) is 97.8 Å². The summed E-state index contributed by atoms with van der Waals surface area (Å²) in [6, 6.07) is 4.63. The van der Waals surface area contributed by atoms with Gasteiger partial charge in [-0.3, -0.25) is 4.79 Å². The van der Waals surface area contributed by atoms with E-state index >= 15 is 0 Å². The summed E-state index contributed by atoms with van der Waals surface area (Å²) in [4.78, 5) is 27.3. The van der Waals surface area contributed by atoms with E-state index in [1.54, 1.807) is 24.3 Å². The lowest BCUT2D eigenvalue weighted by molar-refractivity contribution is -0.139. The third-order valence-corrected chi connectivity index (χ3v) is 4.23. The molecule has 2 N–H and O–H groups in total. The molecule has 2 aromatic rings. The first-order valence-corrected chi connectivity index (χ1v) is 8.74. The van der Waals surface area contributed by atoms with Crippen molar-refractivity contribution in [1.82, 2.24) is 10.3 Å². The molecule has 7 nitrogen and oxygen atoms in total. The van der Waals surface area contributed by atoms with Gasteiger partial charge in [0.2, 0.25) is 0 Å². The van der Waals surface area contributed by atoms with Gasteiger partial charge in [0, 0.05) is 10.9 Å². The highest BCUT2D eigenvalue weighted by Crippen LogP contribution is 2.28. The number of rotatable bonds is 9. The molecule has 0 aliphatic rings. The van der Waals surface area contributed by atoms with E-state index in [2.05, 4.69) is 10.3 Å². The van der Waals surface area contributed by atoms with E-state index < -0.39 is 12.6 Å². The Morgan fingerprint density at radius 3 is 2.68 bits per heavy atom. The SMILES string of the molecule is CCOc1cc(C(=O)NCc2csc(CC)n2)ccc1OCC(=O)O. The number of thiazole rings is 1. The minimum atomic E-state index is -1.08. The molecule has 0 saturated heterocycles. The highest BCUT2D eigenvalue weighted by atomic mass is 32.1. The normalized spacial score (nSPS) is 10.3. The fourth-order valence-corrected chi connectivity index (χ4v) is 2.79. The number of carbonyl (C=O) groups is 2. The number of aliphatic carboxylic acids is 1. The van der Waals surface area contributed by atoms with Crippen LogP contribution >= 0.6 is 11.3 Å². The number of carboxylic acid groups (broad SMARTS) is 1. The second kappa shape index (κ2) is 9.03. The molecule has 134 valence electrons. The lowest BCUT2D eigenvalue weighted by Gasteiger charge is -2.12. The average Bonchev–Trinajstić information content (AvgIpc) is 3.06. The first-order chi connectivity index (χ1) is 12.0. The molecule has 0 unspecified atom stereocenters. The van der Waals surface area contributed by atoms with Crippen LogP contribution in [-0.4, -0.2) is 35.2 Å². The molecule has 1 heterocycles. The van der Waals surface area contributed by atoms with Crippen LogP contribution in [0.3, 0.4) is 0 Å². The molecule has 0 fully saturated rings. The quantitative estimate of drug-likeness (QED) is 0.709. The minimum Gasteiger partial charge on any atom is -0.490 e. The summed E-state index contributed by atoms with van der Waals surface area (Å²) < 4.78 is 10.6. The summed E-state index contributed by atoms with van der Waals surface area (Å²) in [5.41, 5.74) is 1.22. The van der Waals surface area contributed by atoms with Crippen molar-refractivity contribution in [3.05, 3.63) is 39.8 Å². The first-order valence-electron chi connectivity index (χ1n) is 7.86. The van der Waals surface area contributed by atoms with Crippen LogP contribution in [0.25, 0.3) is 0 Å². The summed E-state index contributed by atoms with van der Waals surface area (Å²) in [6.07, 6.45) is 0.869. The van der Waals surface area contributed by atoms with Crippen molar-refractivity contribution < 1.29 is 24.2 Å². The number of aromatic nitrogens is 1. The van der Waals surface area contributed by atoms with Crippen molar-refractivity contribution in [2.45, 2.75) is 26.8 Å². The van der Waals surface area contributed by atoms with Gasteiger partial charge in [-0.25, -0.2) is 9.78 Å². The predicted molar refractivity (Wildman–Crippen MR) is 93.4 cm³/mol. The number of nitrogens with one attached hydrogen (secondary N) is 1. The number of nitrogens with zero attached hydrogens (tertiary/aromatic N) is 1. The number of aryl methyl sites for hydroxylation is 1. The molecule has 1 amide bonds. The van der Waals surface area contributed by atoms with Gasteiger partial charge in [0.1, 0.15) is 0 Å². The number of carbonyl (C=O) groups excluding carboxylic acids is 1. The molecule has 1 aromatic carbocycles. The van der Waals surface area contributed by atoms with Crippen molar-refractivity contribution in [3.8, 4) is 11.5 Å². The van der Waals surface area contributed by atoms with Crippen LogP contribution in [0, 0.1) is 0 Å². The van der Waals surface area contributed by atoms with Crippen LogP contribution in [-0.2, 0) is 17.8 Å². The van der Waals surface area contributed by atoms with E-state index in [1.807, 2.05) is 12.3 Å². The highest BCUT2D eigenvalue weighted by molar-refractivity contribution is 7.09. The van der Waals surface area contributed by atoms with Crippen molar-refractivity contribution in [3.63, 3.8) is 0 Å². The van der Waals surface area contributed by atoms with E-state index in [1.165, 1.54) is 12.1 Å². The molecule has 0 atom stereocenters. The number of amides is 1. The Morgan fingerprint density at radius 1 is 1.24 bits per heavy atom. The van der Waals surface area contributed by atoms with Crippen LogP contribution in [0.15, 0.2) is 23.6 Å². The van der Waals surface area contributed by atoms with Gasteiger partial charge < -0.3 is 19.9 Å². The molecular weight excluding hydrogens is 344 g/mol. The van der Waals surface area contributed by atoms with E-state index in [0.717, 1.165) is 17.1 Å². The maximum Gasteiger partial charge on any atom is 0.341 e. The number of carboxylic acids is 1. The van der Waals surface area contributed by atoms with Gasteiger partial charge >= 0.3 is 5.97 Å². The molecule has 0 aliphatic heterocycles. The average molecular weight is 364 g/mol. The van der Waals surface area contributed by atoms with Crippen molar-refractivity contribution in [2.75, 3.05) is 13.2 Å². The second-order valence-corrected chi connectivity index (χ2v) is 5.99. The Balaban J connectivity index is 2.05. The molecule has 2 rings (SSSR count). The van der Waals surface area contributed by atoms with E-state index in [0.29, 0.717) is 24.5 Å². The molecule has 8 heteroatoms. The molecule has 0 radical (unpaired) electrons. The largest absolute Gasteiger partial charge is 0.490 e. The van der Waals surface area contributed by atoms with Crippen molar-refractivity contribution >= 4 is 23.2 Å². The molecule has 0 bridgehead atoms. The smallest absolute Gasteiger partial charge is 0.341 e. The van der Waals surface area contributed by atoms with E-state index in [-0.39, 0.29) is 11.7 Å². The molecule has 0 aliphatic carbocycles. The van der Waals surface area contributed by atoms with Gasteiger partial charge in [0.05, 0.1) is 23.9 Å². The first kappa shape index (κ1) is 18.7. The second-order valence-electron chi connectivity index (χ2n) is 5.05. The molecule has 25 heavy (non-hydrogen) atoms. The maximum absolute atomic E-state index is 12.3. The van der Waals surface area contributed by atoms with Crippen LogP contribution in [0.2, 0.25) is 0 Å². The number of ether oxygens (including phenoxy) is 2. The Morgan fingerprint density at radius 2 is 2.04 bits per heavy atom. The highest BCUT2D eigenvalue weighted by Gasteiger charge is 2.13. The number of benzene rings is 1. The zero-order valence-electron chi connectivity index (χ0n) is 14.1. The summed E-state index contributed by atoms with van der Waals surface area (Å²) in [7, 11) is 0. The maximum atomic E-state index is 12.3. The van der Waals surface area contributed by atoms with Crippen LogP contribution < -0.4 is 14.8 Å². The Labute approximate surface area is 149 Å². The summed E-state index contributed by atoms with van der Waals surface area (Å²) >= 11 is 1.57. The summed E-state index contributed by atoms with van der Waals surface area (Å²) in [5, 5.41) is 14.5. The standard InChI is InChI=1S/C17H20N2O5S/c1-3-15-19-12(10-25-15)8-18-17(22)11-5-6-13(24-9-16(20)21)14(7-11)23-4-2/h5-7,10H,3-4,8-9H2,1-2H3,(H,18,22)(H,20,21). The lowest BCUT2D eigenvalue weighted by atomic mass is 10.2. The molecular formula is C17H20N2O5S. The van der Waals surface area contributed by atoms with Gasteiger partial charge in [-0.1, -0.05) is 6.92 Å². The monoisotopic (exact) mass is 364 g/mol. The van der Waals surface area contributed by atoms with Crippen LogP contribution in [0.1, 0.15) is 34.9 Å². The third-order valence-electron chi connectivity index (χ3n) is 3.19.